The summed E-state index contributed by atoms with van der Waals surface area (Å²) in [6.07, 6.45) is 0.908. The molecule has 0 aromatic heterocycles. The van der Waals surface area contributed by atoms with E-state index in [0.29, 0.717) is 0 Å². The van der Waals surface area contributed by atoms with Gasteiger partial charge < -0.3 is 16.2 Å². The summed E-state index contributed by atoms with van der Waals surface area (Å²) < 4.78 is 0. The van der Waals surface area contributed by atoms with Crippen molar-refractivity contribution in [1.29, 1.82) is 0 Å². The van der Waals surface area contributed by atoms with Gasteiger partial charge in [0.05, 0.1) is 5.56 Å². The number of para-hydroxylation sites is 1. The van der Waals surface area contributed by atoms with E-state index in [4.69, 9.17) is 10.8 Å². The minimum Gasteiger partial charge on any atom is -0.478 e. The molecule has 0 spiro atoms. The third-order valence-electron chi connectivity index (χ3n) is 3.29. The Morgan fingerprint density at radius 1 is 1.30 bits per heavy atom. The quantitative estimate of drug-likeness (QED) is 0.742. The molecule has 0 bridgehead atoms. The number of carboxylic acids is 1. The SMILES string of the molecule is CCc1cccc(C)c1Nc1ccc(N)c(C(=O)O)c1. The number of hydrogen-bond donors (Lipinski definition) is 3. The van der Waals surface area contributed by atoms with Crippen molar-refractivity contribution in [2.45, 2.75) is 20.3 Å². The number of aryl methyl sites for hydroxylation is 2. The maximum atomic E-state index is 11.1. The van der Waals surface area contributed by atoms with Gasteiger partial charge in [-0.05, 0) is 42.7 Å². The lowest BCUT2D eigenvalue weighted by atomic mass is 10.0. The summed E-state index contributed by atoms with van der Waals surface area (Å²) in [6, 6.07) is 11.1. The van der Waals surface area contributed by atoms with Crippen LogP contribution in [-0.4, -0.2) is 11.1 Å². The van der Waals surface area contributed by atoms with Crippen LogP contribution >= 0.6 is 0 Å². The van der Waals surface area contributed by atoms with Crippen LogP contribution in [0.5, 0.6) is 0 Å². The summed E-state index contributed by atoms with van der Waals surface area (Å²) in [5.74, 6) is -1.02. The summed E-state index contributed by atoms with van der Waals surface area (Å²) in [5.41, 5.74) is 10.1. The smallest absolute Gasteiger partial charge is 0.337 e. The molecule has 0 aliphatic rings. The van der Waals surface area contributed by atoms with E-state index >= 15 is 0 Å². The Morgan fingerprint density at radius 2 is 2.05 bits per heavy atom. The van der Waals surface area contributed by atoms with Gasteiger partial charge in [-0.2, -0.15) is 0 Å². The number of carbonyl (C=O) groups is 1. The second kappa shape index (κ2) is 5.65. The molecule has 2 rings (SSSR count). The van der Waals surface area contributed by atoms with Crippen molar-refractivity contribution < 1.29 is 9.90 Å². The fourth-order valence-electron chi connectivity index (χ4n) is 2.17. The van der Waals surface area contributed by atoms with Crippen LogP contribution in [0.1, 0.15) is 28.4 Å². The molecular formula is C16H18N2O2. The van der Waals surface area contributed by atoms with Gasteiger partial charge in [0.1, 0.15) is 0 Å². The van der Waals surface area contributed by atoms with Gasteiger partial charge in [0.2, 0.25) is 0 Å². The molecule has 2 aromatic carbocycles. The molecule has 0 atom stereocenters. The van der Waals surface area contributed by atoms with Crippen LogP contribution in [0.15, 0.2) is 36.4 Å². The highest BCUT2D eigenvalue weighted by Gasteiger charge is 2.10. The molecule has 0 saturated heterocycles. The average molecular weight is 270 g/mol. The van der Waals surface area contributed by atoms with E-state index in [2.05, 4.69) is 18.3 Å². The molecule has 0 aliphatic heterocycles. The van der Waals surface area contributed by atoms with Gasteiger partial charge in [-0.15, -0.1) is 0 Å². The van der Waals surface area contributed by atoms with Crippen LogP contribution in [0.3, 0.4) is 0 Å². The maximum absolute atomic E-state index is 11.1. The molecule has 2 aromatic rings. The van der Waals surface area contributed by atoms with E-state index in [1.807, 2.05) is 19.1 Å². The van der Waals surface area contributed by atoms with Crippen LogP contribution in [0.25, 0.3) is 0 Å². The number of benzene rings is 2. The highest BCUT2D eigenvalue weighted by molar-refractivity contribution is 5.95. The predicted molar refractivity (Wildman–Crippen MR) is 81.7 cm³/mol. The Labute approximate surface area is 118 Å². The first kappa shape index (κ1) is 13.9. The van der Waals surface area contributed by atoms with Crippen LogP contribution in [-0.2, 0) is 6.42 Å². The molecule has 0 radical (unpaired) electrons. The van der Waals surface area contributed by atoms with Crippen molar-refractivity contribution in [3.8, 4) is 0 Å². The molecule has 4 nitrogen and oxygen atoms in total. The molecule has 4 heteroatoms. The minimum atomic E-state index is -1.02. The summed E-state index contributed by atoms with van der Waals surface area (Å²) in [7, 11) is 0. The van der Waals surface area contributed by atoms with E-state index < -0.39 is 5.97 Å². The molecule has 0 heterocycles. The highest BCUT2D eigenvalue weighted by atomic mass is 16.4. The summed E-state index contributed by atoms with van der Waals surface area (Å²) >= 11 is 0. The van der Waals surface area contributed by atoms with Gasteiger partial charge in [0.15, 0.2) is 0 Å². The summed E-state index contributed by atoms with van der Waals surface area (Å²) in [4.78, 5) is 11.1. The van der Waals surface area contributed by atoms with Gasteiger partial charge in [0.25, 0.3) is 0 Å². The topological polar surface area (TPSA) is 75.3 Å². The zero-order chi connectivity index (χ0) is 14.7. The molecule has 0 fully saturated rings. The van der Waals surface area contributed by atoms with Gasteiger partial charge in [-0.3, -0.25) is 0 Å². The van der Waals surface area contributed by atoms with Crippen molar-refractivity contribution in [1.82, 2.24) is 0 Å². The third kappa shape index (κ3) is 2.74. The zero-order valence-corrected chi connectivity index (χ0v) is 11.6. The number of nitrogens with one attached hydrogen (secondary N) is 1. The molecule has 0 amide bonds. The van der Waals surface area contributed by atoms with Crippen molar-refractivity contribution in [2.24, 2.45) is 0 Å². The van der Waals surface area contributed by atoms with Crippen molar-refractivity contribution in [2.75, 3.05) is 11.1 Å². The Balaban J connectivity index is 2.40. The zero-order valence-electron chi connectivity index (χ0n) is 11.6. The van der Waals surface area contributed by atoms with E-state index in [-0.39, 0.29) is 11.3 Å². The monoisotopic (exact) mass is 270 g/mol. The lowest BCUT2D eigenvalue weighted by molar-refractivity contribution is 0.0698. The molecule has 0 aliphatic carbocycles. The molecule has 20 heavy (non-hydrogen) atoms. The summed E-state index contributed by atoms with van der Waals surface area (Å²) in [6.45, 7) is 4.11. The molecule has 104 valence electrons. The van der Waals surface area contributed by atoms with Crippen LogP contribution in [0.2, 0.25) is 0 Å². The lowest BCUT2D eigenvalue weighted by Crippen LogP contribution is -2.04. The molecule has 4 N–H and O–H groups in total. The summed E-state index contributed by atoms with van der Waals surface area (Å²) in [5, 5.41) is 12.4. The number of anilines is 3. The standard InChI is InChI=1S/C16H18N2O2/c1-3-11-6-4-5-10(2)15(11)18-12-7-8-14(17)13(9-12)16(19)20/h4-9,18H,3,17H2,1-2H3,(H,19,20). The number of nitrogens with two attached hydrogens (primary N) is 1. The largest absolute Gasteiger partial charge is 0.478 e. The normalized spacial score (nSPS) is 10.3. The molecule has 0 unspecified atom stereocenters. The van der Waals surface area contributed by atoms with E-state index in [1.165, 1.54) is 5.56 Å². The maximum Gasteiger partial charge on any atom is 0.337 e. The van der Waals surface area contributed by atoms with E-state index in [9.17, 15) is 4.79 Å². The first-order valence-corrected chi connectivity index (χ1v) is 6.51. The van der Waals surface area contributed by atoms with Crippen molar-refractivity contribution in [3.05, 3.63) is 53.1 Å². The number of aromatic carboxylic acids is 1. The Bertz CT molecular complexity index is 651. The number of carboxylic acid groups (broad SMARTS) is 1. The van der Waals surface area contributed by atoms with E-state index in [1.54, 1.807) is 18.2 Å². The third-order valence-corrected chi connectivity index (χ3v) is 3.29. The predicted octanol–water partition coefficient (Wildman–Crippen LogP) is 3.58. The average Bonchev–Trinajstić information content (AvgIpc) is 2.42. The number of rotatable bonds is 4. The number of hydrogen-bond acceptors (Lipinski definition) is 3. The molecule has 0 saturated carbocycles. The highest BCUT2D eigenvalue weighted by Crippen LogP contribution is 2.27. The Kier molecular flexibility index (Phi) is 3.94. The Hall–Kier alpha value is -2.49. The number of nitrogen functional groups attached to an aromatic ring is 1. The fourth-order valence-corrected chi connectivity index (χ4v) is 2.17. The van der Waals surface area contributed by atoms with Gasteiger partial charge >= 0.3 is 5.97 Å². The lowest BCUT2D eigenvalue weighted by Gasteiger charge is -2.15. The van der Waals surface area contributed by atoms with Crippen molar-refractivity contribution >= 4 is 23.0 Å². The van der Waals surface area contributed by atoms with Crippen molar-refractivity contribution in [3.63, 3.8) is 0 Å². The second-order valence-corrected chi connectivity index (χ2v) is 4.69. The second-order valence-electron chi connectivity index (χ2n) is 4.69. The molecular weight excluding hydrogens is 252 g/mol. The van der Waals surface area contributed by atoms with Crippen LogP contribution in [0, 0.1) is 6.92 Å². The van der Waals surface area contributed by atoms with E-state index in [0.717, 1.165) is 23.4 Å². The fraction of sp³-hybridized carbons (Fsp3) is 0.188. The van der Waals surface area contributed by atoms with Crippen LogP contribution in [0.4, 0.5) is 17.1 Å². The first-order chi connectivity index (χ1) is 9.52. The van der Waals surface area contributed by atoms with Gasteiger partial charge in [-0.25, -0.2) is 4.79 Å². The van der Waals surface area contributed by atoms with Gasteiger partial charge in [-0.1, -0.05) is 25.1 Å². The Morgan fingerprint density at radius 3 is 2.70 bits per heavy atom. The minimum absolute atomic E-state index is 0.113. The van der Waals surface area contributed by atoms with Crippen LogP contribution < -0.4 is 11.1 Å². The van der Waals surface area contributed by atoms with Gasteiger partial charge in [0, 0.05) is 17.1 Å². The first-order valence-electron chi connectivity index (χ1n) is 6.51.